The van der Waals surface area contributed by atoms with Gasteiger partial charge in [-0.2, -0.15) is 0 Å². The summed E-state index contributed by atoms with van der Waals surface area (Å²) in [5, 5.41) is 13.2. The lowest BCUT2D eigenvalue weighted by Crippen LogP contribution is -2.55. The Morgan fingerprint density at radius 3 is 2.47 bits per heavy atom. The normalized spacial score (nSPS) is 19.7. The number of benzene rings is 1. The maximum Gasteiger partial charge on any atom is 0.408 e. The van der Waals surface area contributed by atoms with E-state index >= 15 is 0 Å². The van der Waals surface area contributed by atoms with Crippen LogP contribution < -0.4 is 5.32 Å². The Labute approximate surface area is 209 Å². The van der Waals surface area contributed by atoms with Crippen LogP contribution in [0.5, 0.6) is 0 Å². The molecular formula is C25H35BrN4O4. The largest absolute Gasteiger partial charge is 0.444 e. The first kappa shape index (κ1) is 26.2. The molecule has 0 saturated carbocycles. The molecule has 1 aliphatic rings. The zero-order valence-corrected chi connectivity index (χ0v) is 22.3. The number of aromatic nitrogens is 2. The predicted molar refractivity (Wildman–Crippen MR) is 133 cm³/mol. The van der Waals surface area contributed by atoms with E-state index in [-0.39, 0.29) is 12.5 Å². The molecule has 186 valence electrons. The van der Waals surface area contributed by atoms with E-state index in [1.165, 1.54) is 0 Å². The molecule has 0 radical (unpaired) electrons. The van der Waals surface area contributed by atoms with E-state index in [9.17, 15) is 14.7 Å². The number of carbonyl (C=O) groups excluding carboxylic acids is 2. The fourth-order valence-corrected chi connectivity index (χ4v) is 4.28. The van der Waals surface area contributed by atoms with Crippen LogP contribution in [0.25, 0.3) is 0 Å². The minimum atomic E-state index is -0.827. The number of hydrogen-bond donors (Lipinski definition) is 3. The molecule has 8 nitrogen and oxygen atoms in total. The van der Waals surface area contributed by atoms with Crippen molar-refractivity contribution in [3.8, 4) is 0 Å². The third-order valence-corrected chi connectivity index (χ3v) is 6.14. The summed E-state index contributed by atoms with van der Waals surface area (Å²) in [5.74, 6) is 0.354. The number of aliphatic hydroxyl groups is 1. The SMILES string of the molecule is CC(C)(C)OC(=O)N[C@H](C(=O)N1C[C@H](O)C[C@H]1c1ncc(Cc2ccc(Br)cc2)[nH]1)C(C)(C)C. The second-order valence-corrected chi connectivity index (χ2v) is 11.9. The first-order chi connectivity index (χ1) is 15.7. The Kier molecular flexibility index (Phi) is 7.77. The maximum absolute atomic E-state index is 13.7. The number of likely N-dealkylation sites (tertiary alicyclic amines) is 1. The number of β-amino-alcohol motifs (C(OH)–C–C–N with tert-alkyl or cyclic N) is 1. The van der Waals surface area contributed by atoms with Crippen molar-refractivity contribution >= 4 is 27.9 Å². The molecule has 1 aromatic carbocycles. The van der Waals surface area contributed by atoms with Crippen molar-refractivity contribution < 1.29 is 19.4 Å². The van der Waals surface area contributed by atoms with E-state index in [0.29, 0.717) is 18.7 Å². The number of rotatable bonds is 5. The van der Waals surface area contributed by atoms with Gasteiger partial charge in [0.25, 0.3) is 0 Å². The highest BCUT2D eigenvalue weighted by molar-refractivity contribution is 9.10. The van der Waals surface area contributed by atoms with E-state index in [1.54, 1.807) is 31.9 Å². The number of imidazole rings is 1. The van der Waals surface area contributed by atoms with Gasteiger partial charge in [-0.25, -0.2) is 9.78 Å². The number of amides is 2. The molecule has 0 unspecified atom stereocenters. The molecule has 0 bridgehead atoms. The highest BCUT2D eigenvalue weighted by Gasteiger charge is 2.43. The molecule has 2 heterocycles. The Morgan fingerprint density at radius 2 is 1.88 bits per heavy atom. The molecule has 1 aliphatic heterocycles. The molecule has 2 aromatic rings. The number of nitrogens with one attached hydrogen (secondary N) is 2. The summed E-state index contributed by atoms with van der Waals surface area (Å²) in [5.41, 5.74) is 0.807. The number of alkyl carbamates (subject to hydrolysis) is 1. The molecule has 3 rings (SSSR count). The minimum absolute atomic E-state index is 0.175. The lowest BCUT2D eigenvalue weighted by atomic mass is 9.85. The smallest absolute Gasteiger partial charge is 0.408 e. The third kappa shape index (κ3) is 6.82. The topological polar surface area (TPSA) is 108 Å². The number of H-pyrrole nitrogens is 1. The number of carbonyl (C=O) groups is 2. The van der Waals surface area contributed by atoms with Crippen LogP contribution in [-0.4, -0.2) is 56.3 Å². The number of aromatic amines is 1. The zero-order chi connectivity index (χ0) is 25.3. The van der Waals surface area contributed by atoms with E-state index in [0.717, 1.165) is 15.7 Å². The van der Waals surface area contributed by atoms with Gasteiger partial charge in [-0.15, -0.1) is 0 Å². The quantitative estimate of drug-likeness (QED) is 0.528. The van der Waals surface area contributed by atoms with Crippen LogP contribution in [-0.2, 0) is 16.0 Å². The summed E-state index contributed by atoms with van der Waals surface area (Å²) in [6.07, 6.45) is 1.50. The molecule has 0 aliphatic carbocycles. The number of aliphatic hydroxyl groups excluding tert-OH is 1. The minimum Gasteiger partial charge on any atom is -0.444 e. The molecule has 1 aromatic heterocycles. The summed E-state index contributed by atoms with van der Waals surface area (Å²) in [4.78, 5) is 35.6. The van der Waals surface area contributed by atoms with Crippen molar-refractivity contribution in [1.82, 2.24) is 20.2 Å². The Hall–Kier alpha value is -2.39. The summed E-state index contributed by atoms with van der Waals surface area (Å²) in [6.45, 7) is 11.2. The van der Waals surface area contributed by atoms with Gasteiger partial charge in [-0.1, -0.05) is 48.8 Å². The van der Waals surface area contributed by atoms with Crippen LogP contribution in [0.15, 0.2) is 34.9 Å². The van der Waals surface area contributed by atoms with Gasteiger partial charge in [0.05, 0.1) is 12.1 Å². The van der Waals surface area contributed by atoms with Crippen LogP contribution in [0.3, 0.4) is 0 Å². The third-order valence-electron chi connectivity index (χ3n) is 5.61. The first-order valence-corrected chi connectivity index (χ1v) is 12.3. The lowest BCUT2D eigenvalue weighted by molar-refractivity contribution is -0.137. The van der Waals surface area contributed by atoms with Crippen molar-refractivity contribution in [2.45, 2.75) is 78.2 Å². The van der Waals surface area contributed by atoms with Crippen molar-refractivity contribution in [3.05, 3.63) is 52.0 Å². The number of halogens is 1. The predicted octanol–water partition coefficient (Wildman–Crippen LogP) is 4.34. The summed E-state index contributed by atoms with van der Waals surface area (Å²) in [6, 6.07) is 6.82. The molecule has 3 N–H and O–H groups in total. The fraction of sp³-hybridized carbons (Fsp3) is 0.560. The second kappa shape index (κ2) is 10.1. The van der Waals surface area contributed by atoms with Crippen molar-refractivity contribution in [2.24, 2.45) is 5.41 Å². The zero-order valence-electron chi connectivity index (χ0n) is 20.7. The van der Waals surface area contributed by atoms with Crippen LogP contribution in [0.1, 0.15) is 71.1 Å². The Morgan fingerprint density at radius 1 is 1.24 bits per heavy atom. The number of nitrogens with zero attached hydrogens (tertiary/aromatic N) is 2. The van der Waals surface area contributed by atoms with Crippen LogP contribution in [0.2, 0.25) is 0 Å². The van der Waals surface area contributed by atoms with Gasteiger partial charge in [0.15, 0.2) is 0 Å². The second-order valence-electron chi connectivity index (χ2n) is 10.9. The monoisotopic (exact) mass is 534 g/mol. The van der Waals surface area contributed by atoms with Gasteiger partial charge in [-0.3, -0.25) is 4.79 Å². The molecule has 2 amide bonds. The lowest BCUT2D eigenvalue weighted by Gasteiger charge is -2.35. The van der Waals surface area contributed by atoms with E-state index in [4.69, 9.17) is 4.74 Å². The highest BCUT2D eigenvalue weighted by Crippen LogP contribution is 2.33. The van der Waals surface area contributed by atoms with Crippen molar-refractivity contribution in [1.29, 1.82) is 0 Å². The van der Waals surface area contributed by atoms with E-state index in [1.807, 2.05) is 45.0 Å². The van der Waals surface area contributed by atoms with Crippen LogP contribution in [0.4, 0.5) is 4.79 Å². The van der Waals surface area contributed by atoms with Gasteiger partial charge >= 0.3 is 6.09 Å². The fourth-order valence-electron chi connectivity index (χ4n) is 4.01. The van der Waals surface area contributed by atoms with Crippen LogP contribution >= 0.6 is 15.9 Å². The van der Waals surface area contributed by atoms with Crippen molar-refractivity contribution in [2.75, 3.05) is 6.54 Å². The van der Waals surface area contributed by atoms with Gasteiger partial charge in [0.2, 0.25) is 5.91 Å². The van der Waals surface area contributed by atoms with Gasteiger partial charge in [0, 0.05) is 35.7 Å². The molecule has 0 spiro atoms. The van der Waals surface area contributed by atoms with E-state index < -0.39 is 35.3 Å². The van der Waals surface area contributed by atoms with Gasteiger partial charge < -0.3 is 25.0 Å². The molecular weight excluding hydrogens is 500 g/mol. The highest BCUT2D eigenvalue weighted by atomic mass is 79.9. The summed E-state index contributed by atoms with van der Waals surface area (Å²) >= 11 is 3.44. The molecule has 1 fully saturated rings. The Bertz CT molecular complexity index is 1010. The van der Waals surface area contributed by atoms with Crippen molar-refractivity contribution in [3.63, 3.8) is 0 Å². The van der Waals surface area contributed by atoms with E-state index in [2.05, 4.69) is 31.2 Å². The molecule has 9 heteroatoms. The average molecular weight is 535 g/mol. The molecule has 1 saturated heterocycles. The number of hydrogen-bond acceptors (Lipinski definition) is 5. The number of ether oxygens (including phenoxy) is 1. The average Bonchev–Trinajstić information content (AvgIpc) is 3.31. The molecule has 34 heavy (non-hydrogen) atoms. The van der Waals surface area contributed by atoms with Gasteiger partial charge in [-0.05, 0) is 43.9 Å². The molecule has 3 atom stereocenters. The standard InChI is InChI=1S/C25H35BrN4O4/c1-24(2,3)20(29-23(33)34-25(4,5)6)22(32)30-14-18(31)12-19(30)21-27-13-17(28-21)11-15-7-9-16(26)10-8-15/h7-10,13,18-20,31H,11-12,14H2,1-6H3,(H,27,28)(H,29,33)/t18-,19+,20-/m1/s1. The summed E-state index contributed by atoms with van der Waals surface area (Å²) in [7, 11) is 0. The first-order valence-electron chi connectivity index (χ1n) is 11.5. The maximum atomic E-state index is 13.7. The summed E-state index contributed by atoms with van der Waals surface area (Å²) < 4.78 is 6.40. The Balaban J connectivity index is 1.79. The van der Waals surface area contributed by atoms with Gasteiger partial charge in [0.1, 0.15) is 17.5 Å². The van der Waals surface area contributed by atoms with Crippen LogP contribution in [0, 0.1) is 5.41 Å².